The first-order valence-corrected chi connectivity index (χ1v) is 10.7. The number of benzene rings is 1. The van der Waals surface area contributed by atoms with Crippen molar-refractivity contribution in [2.24, 2.45) is 7.05 Å². The first kappa shape index (κ1) is 19.5. The van der Waals surface area contributed by atoms with Crippen molar-refractivity contribution < 1.29 is 9.53 Å². The average Bonchev–Trinajstić information content (AvgIpc) is 3.44. The first-order valence-electron chi connectivity index (χ1n) is 10.7. The molecular formula is C23H26N6O2. The van der Waals surface area contributed by atoms with Gasteiger partial charge in [-0.15, -0.1) is 5.10 Å². The summed E-state index contributed by atoms with van der Waals surface area (Å²) < 4.78 is 6.97. The maximum absolute atomic E-state index is 13.2. The van der Waals surface area contributed by atoms with Gasteiger partial charge >= 0.3 is 0 Å². The Morgan fingerprint density at radius 1 is 1.03 bits per heavy atom. The van der Waals surface area contributed by atoms with Crippen molar-refractivity contribution in [1.29, 1.82) is 0 Å². The van der Waals surface area contributed by atoms with E-state index in [2.05, 4.69) is 26.3 Å². The van der Waals surface area contributed by atoms with Gasteiger partial charge in [-0.1, -0.05) is 12.1 Å². The summed E-state index contributed by atoms with van der Waals surface area (Å²) in [7, 11) is 3.45. The van der Waals surface area contributed by atoms with Gasteiger partial charge in [0.25, 0.3) is 5.91 Å². The Bertz CT molecular complexity index is 1120. The van der Waals surface area contributed by atoms with Gasteiger partial charge in [0.1, 0.15) is 11.4 Å². The molecule has 2 aromatic heterocycles. The molecule has 1 amide bonds. The molecule has 0 unspecified atom stereocenters. The number of rotatable bonds is 4. The quantitative estimate of drug-likeness (QED) is 0.647. The number of aromatic nitrogens is 4. The van der Waals surface area contributed by atoms with Gasteiger partial charge in [-0.25, -0.2) is 0 Å². The highest BCUT2D eigenvalue weighted by molar-refractivity contribution is 5.94. The number of hydrogen-bond donors (Lipinski definition) is 0. The Hall–Kier alpha value is -3.42. The molecule has 1 aliphatic heterocycles. The molecule has 1 fully saturated rings. The number of nitrogens with zero attached hydrogens (tertiary/aromatic N) is 6. The summed E-state index contributed by atoms with van der Waals surface area (Å²) in [6.45, 7) is 2.80. The summed E-state index contributed by atoms with van der Waals surface area (Å²) in [4.78, 5) is 17.3. The van der Waals surface area contributed by atoms with Gasteiger partial charge in [0.2, 0.25) is 0 Å². The monoisotopic (exact) mass is 418 g/mol. The highest BCUT2D eigenvalue weighted by Crippen LogP contribution is 2.25. The number of amides is 1. The molecule has 2 aliphatic rings. The number of carbonyl (C=O) groups excluding carboxylic acids is 1. The van der Waals surface area contributed by atoms with Crippen LogP contribution in [-0.4, -0.2) is 64.1 Å². The summed E-state index contributed by atoms with van der Waals surface area (Å²) in [5.74, 6) is 1.69. The number of ether oxygens (including phenoxy) is 1. The van der Waals surface area contributed by atoms with E-state index in [1.807, 2.05) is 42.3 Å². The van der Waals surface area contributed by atoms with Crippen LogP contribution in [0.15, 0.2) is 36.4 Å². The highest BCUT2D eigenvalue weighted by atomic mass is 16.5. The molecule has 0 N–H and O–H groups in total. The third-order valence-electron chi connectivity index (χ3n) is 6.16. The van der Waals surface area contributed by atoms with Crippen molar-refractivity contribution in [1.82, 2.24) is 24.9 Å². The van der Waals surface area contributed by atoms with Crippen LogP contribution < -0.4 is 9.64 Å². The summed E-state index contributed by atoms with van der Waals surface area (Å²) in [5.41, 5.74) is 4.73. The van der Waals surface area contributed by atoms with Crippen molar-refractivity contribution in [3.8, 4) is 17.0 Å². The maximum Gasteiger partial charge on any atom is 0.272 e. The third-order valence-corrected chi connectivity index (χ3v) is 6.16. The lowest BCUT2D eigenvalue weighted by molar-refractivity contribution is 0.0735. The average molecular weight is 419 g/mol. The summed E-state index contributed by atoms with van der Waals surface area (Å²) in [6.07, 6.45) is 3.29. The Morgan fingerprint density at radius 3 is 2.68 bits per heavy atom. The largest absolute Gasteiger partial charge is 0.497 e. The summed E-state index contributed by atoms with van der Waals surface area (Å²) in [6, 6.07) is 11.7. The lowest BCUT2D eigenvalue weighted by Crippen LogP contribution is -2.49. The molecule has 0 saturated carbocycles. The van der Waals surface area contributed by atoms with E-state index >= 15 is 0 Å². The topological polar surface area (TPSA) is 76.4 Å². The first-order chi connectivity index (χ1) is 15.1. The number of methoxy groups -OCH3 is 1. The zero-order valence-corrected chi connectivity index (χ0v) is 17.9. The second-order valence-electron chi connectivity index (χ2n) is 8.08. The Morgan fingerprint density at radius 2 is 1.87 bits per heavy atom. The highest BCUT2D eigenvalue weighted by Gasteiger charge is 2.26. The molecule has 31 heavy (non-hydrogen) atoms. The molecule has 1 saturated heterocycles. The Labute approximate surface area is 181 Å². The molecule has 8 nitrogen and oxygen atoms in total. The maximum atomic E-state index is 13.2. The molecule has 1 aromatic carbocycles. The van der Waals surface area contributed by atoms with Crippen molar-refractivity contribution in [3.05, 3.63) is 53.3 Å². The predicted octanol–water partition coefficient (Wildman–Crippen LogP) is 2.34. The van der Waals surface area contributed by atoms with E-state index in [1.165, 1.54) is 5.56 Å². The van der Waals surface area contributed by atoms with E-state index in [0.717, 1.165) is 60.9 Å². The number of piperazine rings is 1. The van der Waals surface area contributed by atoms with E-state index in [4.69, 9.17) is 4.74 Å². The molecule has 0 bridgehead atoms. The summed E-state index contributed by atoms with van der Waals surface area (Å²) in [5, 5.41) is 13.4. The molecule has 5 rings (SSSR count). The fourth-order valence-electron chi connectivity index (χ4n) is 4.36. The van der Waals surface area contributed by atoms with Crippen LogP contribution in [0.4, 0.5) is 5.82 Å². The predicted molar refractivity (Wildman–Crippen MR) is 117 cm³/mol. The van der Waals surface area contributed by atoms with Crippen LogP contribution in [0.2, 0.25) is 0 Å². The number of anilines is 1. The van der Waals surface area contributed by atoms with Gasteiger partial charge in [-0.3, -0.25) is 9.48 Å². The fraction of sp³-hybridized carbons (Fsp3) is 0.391. The molecular weight excluding hydrogens is 392 g/mol. The second-order valence-corrected chi connectivity index (χ2v) is 8.08. The molecule has 3 aromatic rings. The number of carbonyl (C=O) groups is 1. The van der Waals surface area contributed by atoms with Gasteiger partial charge in [0, 0.05) is 38.8 Å². The minimum Gasteiger partial charge on any atom is -0.497 e. The van der Waals surface area contributed by atoms with E-state index in [-0.39, 0.29) is 5.91 Å². The standard InChI is InChI=1S/C23H26N6O2/c1-27-21(15-20(26-27)16-5-3-7-18(13-16)31-2)23(30)29-11-9-28(10-12-29)22-14-17-6-4-8-19(17)24-25-22/h3,5,7,13-15H,4,6,8-12H2,1-2H3. The zero-order chi connectivity index (χ0) is 21.4. The van der Waals surface area contributed by atoms with E-state index in [1.54, 1.807) is 11.8 Å². The number of aryl methyl sites for hydroxylation is 3. The fourth-order valence-corrected chi connectivity index (χ4v) is 4.36. The summed E-state index contributed by atoms with van der Waals surface area (Å²) >= 11 is 0. The lowest BCUT2D eigenvalue weighted by atomic mass is 10.1. The molecule has 160 valence electrons. The van der Waals surface area contributed by atoms with Crippen molar-refractivity contribution in [3.63, 3.8) is 0 Å². The van der Waals surface area contributed by atoms with Gasteiger partial charge in [0.15, 0.2) is 5.82 Å². The molecule has 0 atom stereocenters. The van der Waals surface area contributed by atoms with E-state index in [9.17, 15) is 4.79 Å². The van der Waals surface area contributed by atoms with Crippen LogP contribution in [0.1, 0.15) is 28.2 Å². The molecule has 0 spiro atoms. The van der Waals surface area contributed by atoms with Crippen LogP contribution in [0, 0.1) is 0 Å². The van der Waals surface area contributed by atoms with Crippen LogP contribution >= 0.6 is 0 Å². The Balaban J connectivity index is 1.28. The van der Waals surface area contributed by atoms with Gasteiger partial charge in [0.05, 0.1) is 18.5 Å². The van der Waals surface area contributed by atoms with Gasteiger partial charge < -0.3 is 14.5 Å². The zero-order valence-electron chi connectivity index (χ0n) is 17.9. The molecule has 0 radical (unpaired) electrons. The minimum atomic E-state index is 0.00355. The smallest absolute Gasteiger partial charge is 0.272 e. The van der Waals surface area contributed by atoms with Gasteiger partial charge in [-0.2, -0.15) is 10.2 Å². The SMILES string of the molecule is COc1cccc(-c2cc(C(=O)N3CCN(c4cc5c(nn4)CCC5)CC3)n(C)n2)c1. The van der Waals surface area contributed by atoms with Crippen molar-refractivity contribution in [2.45, 2.75) is 19.3 Å². The van der Waals surface area contributed by atoms with Crippen LogP contribution in [-0.2, 0) is 19.9 Å². The molecule has 1 aliphatic carbocycles. The Kier molecular flexibility index (Phi) is 5.05. The third kappa shape index (κ3) is 3.73. The van der Waals surface area contributed by atoms with Gasteiger partial charge in [-0.05, 0) is 49.1 Å². The van der Waals surface area contributed by atoms with Crippen LogP contribution in [0.25, 0.3) is 11.3 Å². The van der Waals surface area contributed by atoms with Crippen LogP contribution in [0.3, 0.4) is 0 Å². The van der Waals surface area contributed by atoms with E-state index < -0.39 is 0 Å². The molecule has 8 heteroatoms. The minimum absolute atomic E-state index is 0.00355. The van der Waals surface area contributed by atoms with E-state index in [0.29, 0.717) is 18.8 Å². The number of hydrogen-bond acceptors (Lipinski definition) is 6. The van der Waals surface area contributed by atoms with Crippen molar-refractivity contribution >= 4 is 11.7 Å². The normalized spacial score (nSPS) is 15.8. The van der Waals surface area contributed by atoms with Crippen molar-refractivity contribution in [2.75, 3.05) is 38.2 Å². The second kappa shape index (κ2) is 8.02. The lowest BCUT2D eigenvalue weighted by Gasteiger charge is -2.35. The molecule has 3 heterocycles. The number of fused-ring (bicyclic) bond motifs is 1. The van der Waals surface area contributed by atoms with Crippen LogP contribution in [0.5, 0.6) is 5.75 Å².